The lowest BCUT2D eigenvalue weighted by molar-refractivity contribution is -0.154. The normalized spacial score (nSPS) is 12.9. The molecule has 6 nitrogen and oxygen atoms in total. The van der Waals surface area contributed by atoms with Crippen molar-refractivity contribution in [1.82, 2.24) is 4.98 Å². The minimum Gasteiger partial charge on any atom is -0.468 e. The van der Waals surface area contributed by atoms with Gasteiger partial charge in [0.1, 0.15) is 0 Å². The van der Waals surface area contributed by atoms with Gasteiger partial charge in [0.25, 0.3) is 11.8 Å². The summed E-state index contributed by atoms with van der Waals surface area (Å²) in [6, 6.07) is 16.8. The number of halogens is 3. The second kappa shape index (κ2) is 8.70. The Labute approximate surface area is 181 Å². The maximum atomic E-state index is 12.9. The number of rotatable bonds is 5. The van der Waals surface area contributed by atoms with Crippen molar-refractivity contribution in [3.8, 4) is 5.88 Å². The minimum atomic E-state index is -4.47. The molecule has 0 fully saturated rings. The SMILES string of the molecule is O=C(Nc1ccc(C(=O)N2CCc3ccccc32)cc1)c1ccc(OCC(F)(F)F)nc1. The predicted octanol–water partition coefficient (Wildman–Crippen LogP) is 4.48. The second-order valence-corrected chi connectivity index (χ2v) is 7.16. The van der Waals surface area contributed by atoms with Gasteiger partial charge in [-0.25, -0.2) is 4.98 Å². The quantitative estimate of drug-likeness (QED) is 0.634. The number of anilines is 2. The fraction of sp³-hybridized carbons (Fsp3) is 0.174. The highest BCUT2D eigenvalue weighted by Gasteiger charge is 2.28. The van der Waals surface area contributed by atoms with E-state index in [1.165, 1.54) is 12.1 Å². The fourth-order valence-corrected chi connectivity index (χ4v) is 3.36. The van der Waals surface area contributed by atoms with E-state index in [9.17, 15) is 22.8 Å². The third-order valence-corrected chi connectivity index (χ3v) is 4.90. The van der Waals surface area contributed by atoms with Gasteiger partial charge in [0.2, 0.25) is 5.88 Å². The van der Waals surface area contributed by atoms with E-state index in [0.29, 0.717) is 17.8 Å². The number of alkyl halides is 3. The number of carbonyl (C=O) groups excluding carboxylic acids is 2. The molecule has 0 saturated heterocycles. The lowest BCUT2D eigenvalue weighted by Gasteiger charge is -2.17. The van der Waals surface area contributed by atoms with Crippen LogP contribution in [0.5, 0.6) is 5.88 Å². The number of hydrogen-bond acceptors (Lipinski definition) is 4. The molecule has 3 aromatic rings. The molecule has 0 atom stereocenters. The first kappa shape index (κ1) is 21.4. The lowest BCUT2D eigenvalue weighted by atomic mass is 10.1. The molecule has 2 aromatic carbocycles. The Morgan fingerprint density at radius 2 is 1.72 bits per heavy atom. The van der Waals surface area contributed by atoms with Crippen molar-refractivity contribution >= 4 is 23.2 Å². The molecule has 0 radical (unpaired) electrons. The van der Waals surface area contributed by atoms with Gasteiger partial charge in [-0.05, 0) is 48.4 Å². The van der Waals surface area contributed by atoms with Crippen LogP contribution in [0.15, 0.2) is 66.9 Å². The smallest absolute Gasteiger partial charge is 0.422 e. The molecular formula is C23H18F3N3O3. The number of fused-ring (bicyclic) bond motifs is 1. The van der Waals surface area contributed by atoms with Gasteiger partial charge in [-0.3, -0.25) is 9.59 Å². The van der Waals surface area contributed by atoms with E-state index < -0.39 is 18.7 Å². The first-order chi connectivity index (χ1) is 15.3. The van der Waals surface area contributed by atoms with Gasteiger partial charge in [-0.1, -0.05) is 18.2 Å². The van der Waals surface area contributed by atoms with Gasteiger partial charge in [0, 0.05) is 35.7 Å². The van der Waals surface area contributed by atoms with Crippen LogP contribution in [-0.2, 0) is 6.42 Å². The third-order valence-electron chi connectivity index (χ3n) is 4.90. The van der Waals surface area contributed by atoms with Crippen LogP contribution < -0.4 is 15.0 Å². The first-order valence-electron chi connectivity index (χ1n) is 9.77. The van der Waals surface area contributed by atoms with Crippen LogP contribution in [0, 0.1) is 0 Å². The Bertz CT molecular complexity index is 1130. The summed E-state index contributed by atoms with van der Waals surface area (Å²) in [5.74, 6) is -0.843. The lowest BCUT2D eigenvalue weighted by Crippen LogP contribution is -2.28. The molecule has 0 saturated carbocycles. The van der Waals surface area contributed by atoms with Crippen LogP contribution >= 0.6 is 0 Å². The molecule has 164 valence electrons. The van der Waals surface area contributed by atoms with Crippen molar-refractivity contribution in [3.05, 3.63) is 83.6 Å². The van der Waals surface area contributed by atoms with Gasteiger partial charge in [-0.15, -0.1) is 0 Å². The maximum Gasteiger partial charge on any atom is 0.422 e. The molecule has 32 heavy (non-hydrogen) atoms. The van der Waals surface area contributed by atoms with E-state index in [2.05, 4.69) is 15.0 Å². The number of para-hydroxylation sites is 1. The summed E-state index contributed by atoms with van der Waals surface area (Å²) in [5.41, 5.74) is 3.15. The first-order valence-corrected chi connectivity index (χ1v) is 9.77. The van der Waals surface area contributed by atoms with Crippen molar-refractivity contribution < 1.29 is 27.5 Å². The Balaban J connectivity index is 1.37. The largest absolute Gasteiger partial charge is 0.468 e. The average molecular weight is 441 g/mol. The molecule has 2 amide bonds. The highest BCUT2D eigenvalue weighted by atomic mass is 19.4. The average Bonchev–Trinajstić information content (AvgIpc) is 3.22. The van der Waals surface area contributed by atoms with Gasteiger partial charge in [-0.2, -0.15) is 13.2 Å². The molecule has 0 aliphatic carbocycles. The van der Waals surface area contributed by atoms with Gasteiger partial charge < -0.3 is 15.0 Å². The molecule has 0 bridgehead atoms. The molecule has 0 unspecified atom stereocenters. The summed E-state index contributed by atoms with van der Waals surface area (Å²) in [7, 11) is 0. The van der Waals surface area contributed by atoms with E-state index in [1.54, 1.807) is 29.2 Å². The molecule has 0 spiro atoms. The Hall–Kier alpha value is -3.88. The third kappa shape index (κ3) is 4.88. The highest BCUT2D eigenvalue weighted by molar-refractivity contribution is 6.08. The van der Waals surface area contributed by atoms with E-state index in [1.807, 2.05) is 24.3 Å². The molecule has 1 aromatic heterocycles. The van der Waals surface area contributed by atoms with E-state index in [0.717, 1.165) is 23.9 Å². The van der Waals surface area contributed by atoms with Crippen molar-refractivity contribution in [3.63, 3.8) is 0 Å². The van der Waals surface area contributed by atoms with Crippen LogP contribution in [0.3, 0.4) is 0 Å². The summed E-state index contributed by atoms with van der Waals surface area (Å²) in [6.45, 7) is -0.841. The number of benzene rings is 2. The number of hydrogen-bond donors (Lipinski definition) is 1. The molecule has 1 aliphatic heterocycles. The Morgan fingerprint density at radius 1 is 1.00 bits per heavy atom. The van der Waals surface area contributed by atoms with Crippen LogP contribution in [0.1, 0.15) is 26.3 Å². The number of aromatic nitrogens is 1. The zero-order valence-corrected chi connectivity index (χ0v) is 16.7. The molecule has 9 heteroatoms. The Morgan fingerprint density at radius 3 is 2.41 bits per heavy atom. The molecule has 1 aliphatic rings. The van der Waals surface area contributed by atoms with Crippen molar-refractivity contribution in [2.24, 2.45) is 0 Å². The Kier molecular flexibility index (Phi) is 5.81. The molecule has 4 rings (SSSR count). The van der Waals surface area contributed by atoms with Crippen molar-refractivity contribution in [2.75, 3.05) is 23.4 Å². The van der Waals surface area contributed by atoms with E-state index >= 15 is 0 Å². The number of nitrogens with one attached hydrogen (secondary N) is 1. The van der Waals surface area contributed by atoms with Gasteiger partial charge in [0.15, 0.2) is 6.61 Å². The number of ether oxygens (including phenoxy) is 1. The van der Waals surface area contributed by atoms with Crippen LogP contribution in [0.4, 0.5) is 24.5 Å². The van der Waals surface area contributed by atoms with Crippen molar-refractivity contribution in [2.45, 2.75) is 12.6 Å². The van der Waals surface area contributed by atoms with E-state index in [4.69, 9.17) is 0 Å². The topological polar surface area (TPSA) is 71.5 Å². The maximum absolute atomic E-state index is 12.9. The summed E-state index contributed by atoms with van der Waals surface area (Å²) in [4.78, 5) is 30.7. The standard InChI is InChI=1S/C23H18F3N3O3/c24-23(25,26)14-32-20-10-7-17(13-27-20)21(30)28-18-8-5-16(6-9-18)22(31)29-12-11-15-3-1-2-4-19(15)29/h1-10,13H,11-12,14H2,(H,28,30). The molecular weight excluding hydrogens is 423 g/mol. The van der Waals surface area contributed by atoms with E-state index in [-0.39, 0.29) is 17.4 Å². The van der Waals surface area contributed by atoms with Gasteiger partial charge in [0.05, 0.1) is 5.56 Å². The van der Waals surface area contributed by atoms with Gasteiger partial charge >= 0.3 is 6.18 Å². The minimum absolute atomic E-state index is 0.119. The predicted molar refractivity (Wildman–Crippen MR) is 112 cm³/mol. The van der Waals surface area contributed by atoms with Crippen LogP contribution in [0.25, 0.3) is 0 Å². The van der Waals surface area contributed by atoms with Crippen LogP contribution in [0.2, 0.25) is 0 Å². The van der Waals surface area contributed by atoms with Crippen LogP contribution in [-0.4, -0.2) is 36.1 Å². The number of nitrogens with zero attached hydrogens (tertiary/aromatic N) is 2. The molecule has 1 N–H and O–H groups in total. The fourth-order valence-electron chi connectivity index (χ4n) is 3.36. The molecule has 2 heterocycles. The van der Waals surface area contributed by atoms with Crippen molar-refractivity contribution in [1.29, 1.82) is 0 Å². The summed E-state index contributed by atoms with van der Waals surface area (Å²) >= 11 is 0. The number of pyridine rings is 1. The zero-order chi connectivity index (χ0) is 22.7. The monoisotopic (exact) mass is 441 g/mol. The number of carbonyl (C=O) groups is 2. The summed E-state index contributed by atoms with van der Waals surface area (Å²) in [6.07, 6.45) is -2.53. The zero-order valence-electron chi connectivity index (χ0n) is 16.7. The summed E-state index contributed by atoms with van der Waals surface area (Å²) < 4.78 is 41.1. The second-order valence-electron chi connectivity index (χ2n) is 7.16. The summed E-state index contributed by atoms with van der Waals surface area (Å²) in [5, 5.41) is 2.66. The highest BCUT2D eigenvalue weighted by Crippen LogP contribution is 2.29. The number of amides is 2.